The number of carbonyl (C=O) groups is 1. The molecule has 1 fully saturated rings. The van der Waals surface area contributed by atoms with Crippen molar-refractivity contribution in [1.82, 2.24) is 19.8 Å². The van der Waals surface area contributed by atoms with Crippen LogP contribution in [-0.2, 0) is 12.8 Å². The second-order valence-electron chi connectivity index (χ2n) is 8.31. The fourth-order valence-electron chi connectivity index (χ4n) is 3.86. The molecule has 1 aliphatic rings. The predicted molar refractivity (Wildman–Crippen MR) is 125 cm³/mol. The molecule has 0 radical (unpaired) electrons. The van der Waals surface area contributed by atoms with Crippen LogP contribution in [0.15, 0.2) is 67.1 Å². The second-order valence-corrected chi connectivity index (χ2v) is 8.31. The van der Waals surface area contributed by atoms with Crippen molar-refractivity contribution in [3.05, 3.63) is 89.5 Å². The van der Waals surface area contributed by atoms with E-state index in [-0.39, 0.29) is 6.09 Å². The summed E-state index contributed by atoms with van der Waals surface area (Å²) in [5.74, 6) is 0.578. The predicted octanol–water partition coefficient (Wildman–Crippen LogP) is 4.13. The molecule has 0 aliphatic carbocycles. The Bertz CT molecular complexity index is 983. The Labute approximate surface area is 189 Å². The van der Waals surface area contributed by atoms with Crippen molar-refractivity contribution >= 4 is 6.09 Å². The number of aryl methyl sites for hydroxylation is 2. The quantitative estimate of drug-likeness (QED) is 0.564. The Morgan fingerprint density at radius 3 is 2.47 bits per heavy atom. The third kappa shape index (κ3) is 6.37. The van der Waals surface area contributed by atoms with Crippen LogP contribution in [0.3, 0.4) is 0 Å². The lowest BCUT2D eigenvalue weighted by molar-refractivity contribution is 0.110. The maximum Gasteiger partial charge on any atom is 0.415 e. The zero-order valence-corrected chi connectivity index (χ0v) is 18.6. The monoisotopic (exact) mass is 430 g/mol. The largest absolute Gasteiger partial charge is 0.415 e. The molecule has 0 spiro atoms. The van der Waals surface area contributed by atoms with Crippen LogP contribution in [0.5, 0.6) is 5.75 Å². The molecule has 166 valence electrons. The number of ether oxygens (including phenoxy) is 1. The summed E-state index contributed by atoms with van der Waals surface area (Å²) in [6, 6.07) is 15.9. The van der Waals surface area contributed by atoms with E-state index in [1.165, 1.54) is 5.56 Å². The lowest BCUT2D eigenvalue weighted by Crippen LogP contribution is -2.49. The summed E-state index contributed by atoms with van der Waals surface area (Å²) in [6.45, 7) is 6.22. The number of aromatic nitrogens is 2. The van der Waals surface area contributed by atoms with Crippen molar-refractivity contribution in [2.45, 2.75) is 26.2 Å². The third-order valence-electron chi connectivity index (χ3n) is 5.78. The number of nitrogens with zero attached hydrogens (tertiary/aromatic N) is 4. The molecule has 4 rings (SSSR count). The average molecular weight is 431 g/mol. The van der Waals surface area contributed by atoms with Crippen molar-refractivity contribution < 1.29 is 9.53 Å². The van der Waals surface area contributed by atoms with Gasteiger partial charge in [0.15, 0.2) is 0 Å². The molecule has 1 aromatic carbocycles. The molecule has 3 aromatic rings. The molecule has 6 heteroatoms. The minimum absolute atomic E-state index is 0.270. The van der Waals surface area contributed by atoms with Crippen LogP contribution in [0, 0.1) is 6.92 Å². The Morgan fingerprint density at radius 2 is 1.78 bits per heavy atom. The van der Waals surface area contributed by atoms with E-state index in [0.29, 0.717) is 18.8 Å². The fourth-order valence-corrected chi connectivity index (χ4v) is 3.86. The number of carbonyl (C=O) groups excluding carboxylic acids is 1. The van der Waals surface area contributed by atoms with Gasteiger partial charge in [-0.2, -0.15) is 0 Å². The Balaban J connectivity index is 1.18. The molecule has 0 bridgehead atoms. The lowest BCUT2D eigenvalue weighted by Gasteiger charge is -2.34. The summed E-state index contributed by atoms with van der Waals surface area (Å²) in [4.78, 5) is 25.4. The van der Waals surface area contributed by atoms with Crippen molar-refractivity contribution in [1.29, 1.82) is 0 Å². The van der Waals surface area contributed by atoms with E-state index in [0.717, 1.165) is 55.7 Å². The van der Waals surface area contributed by atoms with Crippen LogP contribution in [0.2, 0.25) is 0 Å². The van der Waals surface area contributed by atoms with Crippen LogP contribution < -0.4 is 4.74 Å². The fraction of sp³-hybridized carbons (Fsp3) is 0.346. The lowest BCUT2D eigenvalue weighted by atomic mass is 10.1. The molecule has 0 saturated carbocycles. The van der Waals surface area contributed by atoms with Gasteiger partial charge in [0.05, 0.1) is 0 Å². The molecular weight excluding hydrogens is 400 g/mol. The Morgan fingerprint density at radius 1 is 0.969 bits per heavy atom. The van der Waals surface area contributed by atoms with Gasteiger partial charge in [0.2, 0.25) is 0 Å². The molecule has 1 aliphatic heterocycles. The first kappa shape index (κ1) is 22.0. The first-order chi connectivity index (χ1) is 15.7. The van der Waals surface area contributed by atoms with E-state index in [1.807, 2.05) is 55.7 Å². The van der Waals surface area contributed by atoms with E-state index >= 15 is 0 Å². The second kappa shape index (κ2) is 10.9. The van der Waals surface area contributed by atoms with E-state index in [2.05, 4.69) is 27.0 Å². The molecule has 0 unspecified atom stereocenters. The molecule has 1 saturated heterocycles. The normalized spacial score (nSPS) is 14.3. The molecule has 32 heavy (non-hydrogen) atoms. The number of pyridine rings is 2. The first-order valence-corrected chi connectivity index (χ1v) is 11.2. The number of rotatable bonds is 7. The van der Waals surface area contributed by atoms with E-state index in [1.54, 1.807) is 11.1 Å². The van der Waals surface area contributed by atoms with Gasteiger partial charge < -0.3 is 9.64 Å². The number of benzene rings is 1. The summed E-state index contributed by atoms with van der Waals surface area (Å²) >= 11 is 0. The summed E-state index contributed by atoms with van der Waals surface area (Å²) in [5, 5.41) is 0. The Kier molecular flexibility index (Phi) is 7.46. The highest BCUT2D eigenvalue weighted by Crippen LogP contribution is 2.16. The number of piperazine rings is 1. The number of hydrogen-bond donors (Lipinski definition) is 0. The number of amides is 1. The molecule has 0 N–H and O–H groups in total. The zero-order valence-electron chi connectivity index (χ0n) is 18.6. The molecule has 0 atom stereocenters. The van der Waals surface area contributed by atoms with Crippen LogP contribution >= 0.6 is 0 Å². The summed E-state index contributed by atoms with van der Waals surface area (Å²) in [7, 11) is 0. The first-order valence-electron chi connectivity index (χ1n) is 11.2. The third-order valence-corrected chi connectivity index (χ3v) is 5.78. The minimum Gasteiger partial charge on any atom is -0.410 e. The summed E-state index contributed by atoms with van der Waals surface area (Å²) in [5.41, 5.74) is 4.59. The van der Waals surface area contributed by atoms with E-state index in [9.17, 15) is 4.79 Å². The molecule has 1 amide bonds. The van der Waals surface area contributed by atoms with Crippen LogP contribution in [-0.4, -0.2) is 58.6 Å². The molecule has 3 heterocycles. The Hall–Kier alpha value is -3.25. The van der Waals surface area contributed by atoms with Crippen LogP contribution in [0.25, 0.3) is 0 Å². The summed E-state index contributed by atoms with van der Waals surface area (Å²) < 4.78 is 5.59. The van der Waals surface area contributed by atoms with Gasteiger partial charge in [-0.15, -0.1) is 0 Å². The van der Waals surface area contributed by atoms with Crippen molar-refractivity contribution in [2.24, 2.45) is 0 Å². The standard InChI is InChI=1S/C26H30N4O2/c1-21-6-9-24(28-19-21)18-22-7-10-25(11-8-22)32-26(31)30-16-14-29(15-17-30)13-3-5-23-4-2-12-27-20-23/h2,4,6-12,19-20H,3,5,13-18H2,1H3. The molecule has 6 nitrogen and oxygen atoms in total. The average Bonchev–Trinajstić information content (AvgIpc) is 2.83. The van der Waals surface area contributed by atoms with Crippen LogP contribution in [0.4, 0.5) is 4.79 Å². The minimum atomic E-state index is -0.270. The SMILES string of the molecule is Cc1ccc(Cc2ccc(OC(=O)N3CCN(CCCc4cccnc4)CC3)cc2)nc1. The maximum atomic E-state index is 12.5. The highest BCUT2D eigenvalue weighted by atomic mass is 16.6. The summed E-state index contributed by atoms with van der Waals surface area (Å²) in [6.07, 6.45) is 8.24. The van der Waals surface area contributed by atoms with Gasteiger partial charge in [0, 0.05) is 56.9 Å². The van der Waals surface area contributed by atoms with Gasteiger partial charge in [0.1, 0.15) is 5.75 Å². The van der Waals surface area contributed by atoms with Gasteiger partial charge in [-0.25, -0.2) is 4.79 Å². The topological polar surface area (TPSA) is 58.6 Å². The van der Waals surface area contributed by atoms with E-state index < -0.39 is 0 Å². The van der Waals surface area contributed by atoms with E-state index in [4.69, 9.17) is 4.74 Å². The zero-order chi connectivity index (χ0) is 22.2. The van der Waals surface area contributed by atoms with Crippen LogP contribution in [0.1, 0.15) is 28.8 Å². The van der Waals surface area contributed by atoms with Gasteiger partial charge >= 0.3 is 6.09 Å². The van der Waals surface area contributed by atoms with Gasteiger partial charge in [-0.1, -0.05) is 24.3 Å². The van der Waals surface area contributed by atoms with Crippen molar-refractivity contribution in [3.8, 4) is 5.75 Å². The highest BCUT2D eigenvalue weighted by Gasteiger charge is 2.22. The maximum absolute atomic E-state index is 12.5. The van der Waals surface area contributed by atoms with Crippen molar-refractivity contribution in [3.63, 3.8) is 0 Å². The van der Waals surface area contributed by atoms with Crippen molar-refractivity contribution in [2.75, 3.05) is 32.7 Å². The van der Waals surface area contributed by atoms with Gasteiger partial charge in [-0.3, -0.25) is 14.9 Å². The smallest absolute Gasteiger partial charge is 0.410 e. The van der Waals surface area contributed by atoms with Gasteiger partial charge in [-0.05, 0) is 67.3 Å². The highest BCUT2D eigenvalue weighted by molar-refractivity contribution is 5.70. The number of hydrogen-bond acceptors (Lipinski definition) is 5. The molecular formula is C26H30N4O2. The molecule has 2 aromatic heterocycles. The van der Waals surface area contributed by atoms with Gasteiger partial charge in [0.25, 0.3) is 0 Å².